The van der Waals surface area contributed by atoms with Gasteiger partial charge in [0.15, 0.2) is 9.84 Å². The molecule has 0 aliphatic carbocycles. The molecule has 11 heteroatoms. The topological polar surface area (TPSA) is 95.6 Å². The molecular formula is C26H24F3N3O4S. The van der Waals surface area contributed by atoms with E-state index in [1.807, 2.05) is 12.1 Å². The summed E-state index contributed by atoms with van der Waals surface area (Å²) in [4.78, 5) is 27.2. The fourth-order valence-electron chi connectivity index (χ4n) is 4.06. The molecule has 2 N–H and O–H groups in total. The molecule has 37 heavy (non-hydrogen) atoms. The SMILES string of the molecule is CS(=O)(=O)c1ccc(-c2ccc(N3CCC[C@@H](NC(=O)Nc4ccc(C(F)(F)F)cc4)C3=O)cc2)cc1. The highest BCUT2D eigenvalue weighted by Crippen LogP contribution is 2.30. The van der Waals surface area contributed by atoms with Crippen molar-refractivity contribution >= 4 is 33.2 Å². The molecule has 1 heterocycles. The van der Waals surface area contributed by atoms with Gasteiger partial charge in [0.05, 0.1) is 10.5 Å². The Morgan fingerprint density at radius 2 is 1.49 bits per heavy atom. The van der Waals surface area contributed by atoms with Gasteiger partial charge in [0.1, 0.15) is 6.04 Å². The predicted molar refractivity (Wildman–Crippen MR) is 134 cm³/mol. The van der Waals surface area contributed by atoms with E-state index >= 15 is 0 Å². The number of carbonyl (C=O) groups is 2. The first-order valence-corrected chi connectivity index (χ1v) is 13.3. The third-order valence-electron chi connectivity index (χ3n) is 6.01. The Morgan fingerprint density at radius 3 is 2.03 bits per heavy atom. The van der Waals surface area contributed by atoms with Gasteiger partial charge in [-0.3, -0.25) is 4.79 Å². The number of amides is 3. The van der Waals surface area contributed by atoms with E-state index in [4.69, 9.17) is 0 Å². The first-order chi connectivity index (χ1) is 17.4. The van der Waals surface area contributed by atoms with E-state index in [0.717, 1.165) is 41.6 Å². The highest BCUT2D eigenvalue weighted by Gasteiger charge is 2.32. The molecule has 1 aliphatic heterocycles. The molecular weight excluding hydrogens is 507 g/mol. The lowest BCUT2D eigenvalue weighted by atomic mass is 10.0. The summed E-state index contributed by atoms with van der Waals surface area (Å²) in [7, 11) is -3.29. The maximum atomic E-state index is 13.1. The van der Waals surface area contributed by atoms with Crippen LogP contribution in [0.2, 0.25) is 0 Å². The zero-order valence-corrected chi connectivity index (χ0v) is 20.6. The highest BCUT2D eigenvalue weighted by molar-refractivity contribution is 7.90. The van der Waals surface area contributed by atoms with Gasteiger partial charge in [-0.15, -0.1) is 0 Å². The summed E-state index contributed by atoms with van der Waals surface area (Å²) >= 11 is 0. The lowest BCUT2D eigenvalue weighted by molar-refractivity contribution is -0.137. The number of nitrogens with zero attached hydrogens (tertiary/aromatic N) is 1. The Hall–Kier alpha value is -3.86. The fraction of sp³-hybridized carbons (Fsp3) is 0.231. The van der Waals surface area contributed by atoms with E-state index in [1.165, 1.54) is 0 Å². The van der Waals surface area contributed by atoms with Gasteiger partial charge in [-0.2, -0.15) is 13.2 Å². The summed E-state index contributed by atoms with van der Waals surface area (Å²) in [6, 6.07) is 16.3. The number of rotatable bonds is 5. The second kappa shape index (κ2) is 10.3. The Bertz CT molecular complexity index is 1390. The molecule has 3 aromatic carbocycles. The summed E-state index contributed by atoms with van der Waals surface area (Å²) < 4.78 is 61.4. The van der Waals surface area contributed by atoms with Crippen molar-refractivity contribution in [2.24, 2.45) is 0 Å². The molecule has 0 spiro atoms. The molecule has 0 saturated carbocycles. The van der Waals surface area contributed by atoms with Crippen LogP contribution in [0.1, 0.15) is 18.4 Å². The van der Waals surface area contributed by atoms with E-state index in [-0.39, 0.29) is 16.5 Å². The molecule has 1 saturated heterocycles. The van der Waals surface area contributed by atoms with Crippen molar-refractivity contribution in [3.8, 4) is 11.1 Å². The van der Waals surface area contributed by atoms with Crippen LogP contribution in [0.5, 0.6) is 0 Å². The third-order valence-corrected chi connectivity index (χ3v) is 7.14. The second-order valence-electron chi connectivity index (χ2n) is 8.70. The van der Waals surface area contributed by atoms with Crippen molar-refractivity contribution in [2.75, 3.05) is 23.0 Å². The lowest BCUT2D eigenvalue weighted by Gasteiger charge is -2.32. The lowest BCUT2D eigenvalue weighted by Crippen LogP contribution is -2.53. The van der Waals surface area contributed by atoms with Crippen LogP contribution >= 0.6 is 0 Å². The summed E-state index contributed by atoms with van der Waals surface area (Å²) in [5, 5.41) is 5.06. The van der Waals surface area contributed by atoms with Crippen molar-refractivity contribution in [1.82, 2.24) is 5.32 Å². The van der Waals surface area contributed by atoms with Crippen LogP contribution in [0.25, 0.3) is 11.1 Å². The van der Waals surface area contributed by atoms with Gasteiger partial charge in [-0.25, -0.2) is 13.2 Å². The largest absolute Gasteiger partial charge is 0.416 e. The monoisotopic (exact) mass is 531 g/mol. The first kappa shape index (κ1) is 26.2. The Labute approximate surface area is 212 Å². The molecule has 1 atom stereocenters. The average molecular weight is 532 g/mol. The number of benzene rings is 3. The number of halogens is 3. The maximum Gasteiger partial charge on any atom is 0.416 e. The number of urea groups is 1. The van der Waals surface area contributed by atoms with E-state index in [1.54, 1.807) is 41.3 Å². The van der Waals surface area contributed by atoms with Gasteiger partial charge >= 0.3 is 12.2 Å². The summed E-state index contributed by atoms with van der Waals surface area (Å²) in [6.45, 7) is 0.472. The zero-order valence-electron chi connectivity index (χ0n) is 19.7. The molecule has 0 bridgehead atoms. The molecule has 0 unspecified atom stereocenters. The van der Waals surface area contributed by atoms with Crippen LogP contribution in [-0.4, -0.2) is 39.2 Å². The van der Waals surface area contributed by atoms with Crippen molar-refractivity contribution in [1.29, 1.82) is 0 Å². The number of anilines is 2. The summed E-state index contributed by atoms with van der Waals surface area (Å²) in [5.74, 6) is -0.293. The molecule has 3 amide bonds. The number of alkyl halides is 3. The first-order valence-electron chi connectivity index (χ1n) is 11.4. The van der Waals surface area contributed by atoms with Crippen molar-refractivity contribution in [3.05, 3.63) is 78.4 Å². The van der Waals surface area contributed by atoms with Crippen molar-refractivity contribution in [3.63, 3.8) is 0 Å². The molecule has 1 fully saturated rings. The van der Waals surface area contributed by atoms with Gasteiger partial charge in [0, 0.05) is 24.2 Å². The number of sulfone groups is 1. The van der Waals surface area contributed by atoms with Crippen molar-refractivity contribution in [2.45, 2.75) is 30.0 Å². The van der Waals surface area contributed by atoms with Gasteiger partial charge in [-0.1, -0.05) is 24.3 Å². The minimum absolute atomic E-state index is 0.172. The molecule has 194 valence electrons. The van der Waals surface area contributed by atoms with Gasteiger partial charge in [-0.05, 0) is 72.5 Å². The average Bonchev–Trinajstić information content (AvgIpc) is 2.85. The standard InChI is InChI=1S/C26H24F3N3O4S/c1-37(35,36)22-14-6-18(7-15-22)17-4-12-21(13-5-17)32-16-2-3-23(24(32)33)31-25(34)30-20-10-8-19(9-11-20)26(27,28)29/h4-15,23H,2-3,16H2,1H3,(H2,30,31,34)/t23-/m1/s1. The normalized spacial score (nSPS) is 16.4. The molecule has 0 aromatic heterocycles. The number of carbonyl (C=O) groups excluding carboxylic acids is 2. The van der Waals surface area contributed by atoms with Crippen LogP contribution in [0.15, 0.2) is 77.7 Å². The highest BCUT2D eigenvalue weighted by atomic mass is 32.2. The van der Waals surface area contributed by atoms with Gasteiger partial charge in [0.25, 0.3) is 0 Å². The van der Waals surface area contributed by atoms with Crippen LogP contribution in [0, 0.1) is 0 Å². The smallest absolute Gasteiger partial charge is 0.326 e. The summed E-state index contributed by atoms with van der Waals surface area (Å²) in [5.41, 5.74) is 1.66. The molecule has 3 aromatic rings. The minimum atomic E-state index is -4.47. The summed E-state index contributed by atoms with van der Waals surface area (Å²) in [6.07, 6.45) is -2.25. The van der Waals surface area contributed by atoms with Crippen LogP contribution in [0.4, 0.5) is 29.3 Å². The molecule has 0 radical (unpaired) electrons. The number of hydrogen-bond donors (Lipinski definition) is 2. The van der Waals surface area contributed by atoms with E-state index < -0.39 is 33.6 Å². The Morgan fingerprint density at radius 1 is 0.919 bits per heavy atom. The zero-order chi connectivity index (χ0) is 26.8. The minimum Gasteiger partial charge on any atom is -0.326 e. The second-order valence-corrected chi connectivity index (χ2v) is 10.7. The van der Waals surface area contributed by atoms with Crippen LogP contribution < -0.4 is 15.5 Å². The van der Waals surface area contributed by atoms with Gasteiger partial charge in [0.2, 0.25) is 5.91 Å². The maximum absolute atomic E-state index is 13.1. The molecule has 7 nitrogen and oxygen atoms in total. The van der Waals surface area contributed by atoms with Crippen molar-refractivity contribution < 1.29 is 31.2 Å². The third kappa shape index (κ3) is 6.29. The van der Waals surface area contributed by atoms with E-state index in [0.29, 0.717) is 25.1 Å². The van der Waals surface area contributed by atoms with Gasteiger partial charge < -0.3 is 15.5 Å². The predicted octanol–water partition coefficient (Wildman–Crippen LogP) is 5.09. The number of nitrogens with one attached hydrogen (secondary N) is 2. The Balaban J connectivity index is 1.39. The molecule has 4 rings (SSSR count). The fourth-order valence-corrected chi connectivity index (χ4v) is 4.69. The molecule has 1 aliphatic rings. The Kier molecular flexibility index (Phi) is 7.26. The number of hydrogen-bond acceptors (Lipinski definition) is 4. The van der Waals surface area contributed by atoms with E-state index in [9.17, 15) is 31.2 Å². The quantitative estimate of drug-likeness (QED) is 0.479. The van der Waals surface area contributed by atoms with Crippen LogP contribution in [0.3, 0.4) is 0 Å². The van der Waals surface area contributed by atoms with E-state index in [2.05, 4.69) is 10.6 Å². The number of piperidine rings is 1. The van der Waals surface area contributed by atoms with Crippen LogP contribution in [-0.2, 0) is 20.8 Å².